The molecule has 0 saturated carbocycles. The fourth-order valence-electron chi connectivity index (χ4n) is 2.55. The summed E-state index contributed by atoms with van der Waals surface area (Å²) in [5, 5.41) is 13.6. The molecule has 2 aromatic carbocycles. The third-order valence-corrected chi connectivity index (χ3v) is 4.90. The van der Waals surface area contributed by atoms with E-state index in [2.05, 4.69) is 11.2 Å². The highest BCUT2D eigenvalue weighted by Crippen LogP contribution is 2.26. The Kier molecular flexibility index (Phi) is 5.07. The van der Waals surface area contributed by atoms with Crippen LogP contribution in [0.5, 0.6) is 0 Å². The lowest BCUT2D eigenvalue weighted by Crippen LogP contribution is -2.13. The van der Waals surface area contributed by atoms with E-state index >= 15 is 0 Å². The van der Waals surface area contributed by atoms with Crippen molar-refractivity contribution >= 4 is 23.3 Å². The fourth-order valence-corrected chi connectivity index (χ4v) is 3.06. The van der Waals surface area contributed by atoms with Gasteiger partial charge in [0.05, 0.1) is 11.4 Å². The maximum Gasteiger partial charge on any atom is 0.213 e. The zero-order valence-electron chi connectivity index (χ0n) is 14.3. The van der Waals surface area contributed by atoms with Crippen molar-refractivity contribution in [2.24, 2.45) is 0 Å². The predicted octanol–water partition coefficient (Wildman–Crippen LogP) is 2.74. The Hall–Kier alpha value is -3.08. The normalized spacial score (nSPS) is 11.6. The Labute approximate surface area is 154 Å². The molecule has 0 N–H and O–H groups in total. The maximum atomic E-state index is 11.6. The second-order valence-corrected chi connectivity index (χ2v) is 7.03. The standard InChI is InChI=1S/C19H16N4O2S/c1-22(13-24)16-5-7-17(8-6-16)23-19(11-15(12-20)21-23)14-3-9-18(10-4-14)26(2)25/h3-11,13H,1-2H3. The average Bonchev–Trinajstić information content (AvgIpc) is 3.12. The minimum Gasteiger partial charge on any atom is -0.612 e. The van der Waals surface area contributed by atoms with Crippen LogP contribution in [0.15, 0.2) is 59.5 Å². The van der Waals surface area contributed by atoms with E-state index in [1.807, 2.05) is 36.4 Å². The molecule has 0 fully saturated rings. The fraction of sp³-hybridized carbons (Fsp3) is 0.105. The number of amides is 1. The van der Waals surface area contributed by atoms with Gasteiger partial charge in [-0.2, -0.15) is 10.4 Å². The van der Waals surface area contributed by atoms with Gasteiger partial charge in [0.15, 0.2) is 10.6 Å². The third-order valence-electron chi connectivity index (χ3n) is 3.97. The van der Waals surface area contributed by atoms with Crippen LogP contribution in [0.2, 0.25) is 0 Å². The van der Waals surface area contributed by atoms with E-state index < -0.39 is 11.2 Å². The van der Waals surface area contributed by atoms with Gasteiger partial charge in [-0.1, -0.05) is 0 Å². The monoisotopic (exact) mass is 364 g/mol. The maximum absolute atomic E-state index is 11.6. The van der Waals surface area contributed by atoms with Crippen molar-refractivity contribution in [3.8, 4) is 23.0 Å². The first-order valence-corrected chi connectivity index (χ1v) is 9.32. The number of anilines is 1. The molecule has 1 aromatic heterocycles. The molecule has 1 unspecified atom stereocenters. The second-order valence-electron chi connectivity index (χ2n) is 5.65. The van der Waals surface area contributed by atoms with Crippen molar-refractivity contribution in [3.63, 3.8) is 0 Å². The van der Waals surface area contributed by atoms with E-state index in [9.17, 15) is 14.6 Å². The van der Waals surface area contributed by atoms with Gasteiger partial charge in [0.25, 0.3) is 0 Å². The Morgan fingerprint density at radius 1 is 1.19 bits per heavy atom. The van der Waals surface area contributed by atoms with E-state index in [1.54, 1.807) is 36.2 Å². The molecule has 0 bridgehead atoms. The highest BCUT2D eigenvalue weighted by molar-refractivity contribution is 7.90. The van der Waals surface area contributed by atoms with Crippen molar-refractivity contribution in [2.75, 3.05) is 18.2 Å². The first-order valence-electron chi connectivity index (χ1n) is 7.76. The number of hydrogen-bond acceptors (Lipinski definition) is 4. The molecule has 0 aliphatic heterocycles. The van der Waals surface area contributed by atoms with Gasteiger partial charge in [-0.25, -0.2) is 4.68 Å². The van der Waals surface area contributed by atoms with E-state index in [0.717, 1.165) is 33.9 Å². The molecule has 1 amide bonds. The Balaban J connectivity index is 2.04. The minimum atomic E-state index is -1.05. The summed E-state index contributed by atoms with van der Waals surface area (Å²) < 4.78 is 13.2. The molecule has 7 heteroatoms. The zero-order chi connectivity index (χ0) is 18.7. The SMILES string of the molecule is CN(C=O)c1ccc(-n2nc(C#N)cc2-c2ccc([S+](C)[O-])cc2)cc1. The van der Waals surface area contributed by atoms with Crippen LogP contribution in [0.3, 0.4) is 0 Å². The average molecular weight is 364 g/mol. The third kappa shape index (κ3) is 3.47. The molecule has 0 radical (unpaired) electrons. The summed E-state index contributed by atoms with van der Waals surface area (Å²) in [7, 11) is 1.67. The van der Waals surface area contributed by atoms with Crippen LogP contribution in [0, 0.1) is 11.3 Å². The van der Waals surface area contributed by atoms with Gasteiger partial charge in [0, 0.05) is 24.4 Å². The largest absolute Gasteiger partial charge is 0.612 e. The first kappa shape index (κ1) is 17.7. The molecule has 26 heavy (non-hydrogen) atoms. The molecule has 3 rings (SSSR count). The number of nitrogens with zero attached hydrogens (tertiary/aromatic N) is 4. The molecular formula is C19H16N4O2S. The van der Waals surface area contributed by atoms with Crippen molar-refractivity contribution in [2.45, 2.75) is 4.90 Å². The zero-order valence-corrected chi connectivity index (χ0v) is 15.1. The lowest BCUT2D eigenvalue weighted by molar-refractivity contribution is -0.107. The van der Waals surface area contributed by atoms with Crippen molar-refractivity contribution < 1.29 is 9.35 Å². The van der Waals surface area contributed by atoms with Gasteiger partial charge in [-0.3, -0.25) is 4.79 Å². The number of aromatic nitrogens is 2. The lowest BCUT2D eigenvalue weighted by Gasteiger charge is -2.12. The molecule has 0 aliphatic carbocycles. The summed E-state index contributed by atoms with van der Waals surface area (Å²) in [5.41, 5.74) is 3.45. The first-order chi connectivity index (χ1) is 12.5. The number of benzene rings is 2. The second kappa shape index (κ2) is 7.44. The Morgan fingerprint density at radius 2 is 1.85 bits per heavy atom. The van der Waals surface area contributed by atoms with Gasteiger partial charge in [0.2, 0.25) is 6.41 Å². The smallest absolute Gasteiger partial charge is 0.213 e. The molecule has 3 aromatic rings. The van der Waals surface area contributed by atoms with E-state index in [-0.39, 0.29) is 0 Å². The van der Waals surface area contributed by atoms with Gasteiger partial charge in [-0.15, -0.1) is 0 Å². The van der Waals surface area contributed by atoms with Crippen LogP contribution in [0.25, 0.3) is 16.9 Å². The quantitative estimate of drug-likeness (QED) is 0.515. The van der Waals surface area contributed by atoms with E-state index in [1.165, 1.54) is 4.90 Å². The number of carbonyl (C=O) groups excluding carboxylic acids is 1. The molecule has 6 nitrogen and oxygen atoms in total. The molecule has 0 aliphatic rings. The number of rotatable bonds is 5. The van der Waals surface area contributed by atoms with Crippen LogP contribution >= 0.6 is 0 Å². The summed E-state index contributed by atoms with van der Waals surface area (Å²) in [6, 6.07) is 18.4. The molecule has 0 spiro atoms. The van der Waals surface area contributed by atoms with Crippen LogP contribution < -0.4 is 4.90 Å². The topological polar surface area (TPSA) is 85.0 Å². The van der Waals surface area contributed by atoms with Gasteiger partial charge < -0.3 is 9.45 Å². The van der Waals surface area contributed by atoms with Gasteiger partial charge >= 0.3 is 0 Å². The van der Waals surface area contributed by atoms with E-state index in [0.29, 0.717) is 5.69 Å². The van der Waals surface area contributed by atoms with Crippen molar-refractivity contribution in [1.29, 1.82) is 5.26 Å². The lowest BCUT2D eigenvalue weighted by atomic mass is 10.1. The summed E-state index contributed by atoms with van der Waals surface area (Å²) in [6.45, 7) is 0. The van der Waals surface area contributed by atoms with Crippen LogP contribution in [0.4, 0.5) is 5.69 Å². The summed E-state index contributed by atoms with van der Waals surface area (Å²) in [4.78, 5) is 13.1. The minimum absolute atomic E-state index is 0.303. The molecule has 0 saturated heterocycles. The van der Waals surface area contributed by atoms with Crippen molar-refractivity contribution in [1.82, 2.24) is 9.78 Å². The highest BCUT2D eigenvalue weighted by atomic mass is 32.2. The summed E-state index contributed by atoms with van der Waals surface area (Å²) in [5.74, 6) is 0. The molecule has 1 atom stereocenters. The summed E-state index contributed by atoms with van der Waals surface area (Å²) >= 11 is -1.05. The van der Waals surface area contributed by atoms with Crippen LogP contribution in [-0.4, -0.2) is 34.0 Å². The van der Waals surface area contributed by atoms with Crippen LogP contribution in [0.1, 0.15) is 5.69 Å². The van der Waals surface area contributed by atoms with Gasteiger partial charge in [0.1, 0.15) is 12.3 Å². The molecular weight excluding hydrogens is 348 g/mol. The molecule has 1 heterocycles. The number of carbonyl (C=O) groups is 1. The number of nitriles is 1. The van der Waals surface area contributed by atoms with Gasteiger partial charge in [-0.05, 0) is 59.7 Å². The highest BCUT2D eigenvalue weighted by Gasteiger charge is 2.13. The van der Waals surface area contributed by atoms with E-state index in [4.69, 9.17) is 0 Å². The van der Waals surface area contributed by atoms with Crippen LogP contribution in [-0.2, 0) is 16.0 Å². The molecule has 130 valence electrons. The Bertz CT molecular complexity index is 957. The number of hydrogen-bond donors (Lipinski definition) is 0. The summed E-state index contributed by atoms with van der Waals surface area (Å²) in [6.07, 6.45) is 2.37. The van der Waals surface area contributed by atoms with Crippen molar-refractivity contribution in [3.05, 3.63) is 60.3 Å². The Morgan fingerprint density at radius 3 is 2.38 bits per heavy atom. The predicted molar refractivity (Wildman–Crippen MR) is 101 cm³/mol.